The average molecular weight is 393 g/mol. The third-order valence-corrected chi connectivity index (χ3v) is 4.58. The maximum absolute atomic E-state index is 12.2. The molecule has 1 aliphatic heterocycles. The summed E-state index contributed by atoms with van der Waals surface area (Å²) in [5.41, 5.74) is 0.688. The Morgan fingerprint density at radius 1 is 1.58 bits per heavy atom. The van der Waals surface area contributed by atoms with E-state index in [1.54, 1.807) is 0 Å². The number of anilines is 1. The van der Waals surface area contributed by atoms with Gasteiger partial charge >= 0.3 is 0 Å². The second kappa shape index (κ2) is 6.90. The maximum Gasteiger partial charge on any atom is 0.241 e. The van der Waals surface area contributed by atoms with E-state index >= 15 is 0 Å². The predicted octanol–water partition coefficient (Wildman–Crippen LogP) is 3.66. The zero-order valence-electron chi connectivity index (χ0n) is 10.9. The van der Waals surface area contributed by atoms with Crippen molar-refractivity contribution in [3.8, 4) is 0 Å². The molecule has 0 aromatic heterocycles. The number of rotatable bonds is 3. The minimum Gasteiger partial charge on any atom is -0.323 e. The first-order valence-corrected chi connectivity index (χ1v) is 8.05. The zero-order valence-corrected chi connectivity index (χ0v) is 13.8. The molecule has 0 radical (unpaired) electrons. The van der Waals surface area contributed by atoms with E-state index in [0.29, 0.717) is 16.6 Å². The van der Waals surface area contributed by atoms with Gasteiger partial charge in [0.05, 0.1) is 16.8 Å². The lowest BCUT2D eigenvalue weighted by Crippen LogP contribution is -2.46. The van der Waals surface area contributed by atoms with Crippen LogP contribution in [0.5, 0.6) is 0 Å². The molecule has 1 aromatic carbocycles. The molecule has 1 amide bonds. The molecular formula is C14H18ClIN2O. The fourth-order valence-corrected chi connectivity index (χ4v) is 3.28. The summed E-state index contributed by atoms with van der Waals surface area (Å²) in [5.74, 6) is 0.658. The summed E-state index contributed by atoms with van der Waals surface area (Å²) >= 11 is 8.33. The van der Waals surface area contributed by atoms with Gasteiger partial charge in [-0.3, -0.25) is 4.79 Å². The van der Waals surface area contributed by atoms with Crippen LogP contribution in [0.2, 0.25) is 5.02 Å². The quantitative estimate of drug-likeness (QED) is 0.771. The lowest BCUT2D eigenvalue weighted by molar-refractivity contribution is -0.119. The highest BCUT2D eigenvalue weighted by Gasteiger charge is 2.26. The van der Waals surface area contributed by atoms with E-state index < -0.39 is 0 Å². The normalized spacial score (nSPS) is 23.1. The van der Waals surface area contributed by atoms with Crippen molar-refractivity contribution in [2.75, 3.05) is 11.9 Å². The molecule has 3 nitrogen and oxygen atoms in total. The summed E-state index contributed by atoms with van der Waals surface area (Å²) in [5, 5.41) is 6.78. The van der Waals surface area contributed by atoms with Crippen LogP contribution in [-0.2, 0) is 4.79 Å². The van der Waals surface area contributed by atoms with E-state index in [-0.39, 0.29) is 11.9 Å². The van der Waals surface area contributed by atoms with Crippen molar-refractivity contribution < 1.29 is 4.79 Å². The highest BCUT2D eigenvalue weighted by molar-refractivity contribution is 14.1. The monoisotopic (exact) mass is 392 g/mol. The van der Waals surface area contributed by atoms with Gasteiger partial charge in [-0.25, -0.2) is 0 Å². The van der Waals surface area contributed by atoms with Crippen molar-refractivity contribution in [3.05, 3.63) is 26.8 Å². The van der Waals surface area contributed by atoms with Crippen molar-refractivity contribution in [2.45, 2.75) is 32.2 Å². The van der Waals surface area contributed by atoms with E-state index in [1.165, 1.54) is 0 Å². The Kier molecular flexibility index (Phi) is 5.47. The molecule has 1 aromatic rings. The Balaban J connectivity index is 2.00. The van der Waals surface area contributed by atoms with Gasteiger partial charge in [-0.15, -0.1) is 0 Å². The lowest BCUT2D eigenvalue weighted by atomic mass is 9.90. The summed E-state index contributed by atoms with van der Waals surface area (Å²) in [6.45, 7) is 3.10. The SMILES string of the molecule is CCC1CCNC(C(=O)Nc2ccc(I)cc2Cl)C1. The average Bonchev–Trinajstić information content (AvgIpc) is 2.42. The maximum atomic E-state index is 12.2. The minimum absolute atomic E-state index is 0.0151. The Morgan fingerprint density at radius 2 is 2.37 bits per heavy atom. The van der Waals surface area contributed by atoms with Crippen molar-refractivity contribution in [3.63, 3.8) is 0 Å². The molecule has 0 saturated carbocycles. The van der Waals surface area contributed by atoms with Gasteiger partial charge in [0.25, 0.3) is 0 Å². The van der Waals surface area contributed by atoms with Crippen LogP contribution >= 0.6 is 34.2 Å². The summed E-state index contributed by atoms with van der Waals surface area (Å²) in [6, 6.07) is 5.53. The molecule has 2 atom stereocenters. The molecule has 19 heavy (non-hydrogen) atoms. The van der Waals surface area contributed by atoms with Crippen LogP contribution in [0.15, 0.2) is 18.2 Å². The number of nitrogens with one attached hydrogen (secondary N) is 2. The zero-order chi connectivity index (χ0) is 13.8. The summed E-state index contributed by atoms with van der Waals surface area (Å²) in [4.78, 5) is 12.2. The molecule has 0 spiro atoms. The lowest BCUT2D eigenvalue weighted by Gasteiger charge is -2.28. The topological polar surface area (TPSA) is 41.1 Å². The number of piperidine rings is 1. The number of carbonyl (C=O) groups is 1. The Labute approximate surface area is 132 Å². The highest BCUT2D eigenvalue weighted by atomic mass is 127. The summed E-state index contributed by atoms with van der Waals surface area (Å²) in [7, 11) is 0. The van der Waals surface area contributed by atoms with Gasteiger partial charge < -0.3 is 10.6 Å². The molecule has 0 aliphatic carbocycles. The highest BCUT2D eigenvalue weighted by Crippen LogP contribution is 2.25. The van der Waals surface area contributed by atoms with E-state index in [0.717, 1.165) is 29.4 Å². The van der Waals surface area contributed by atoms with Crippen molar-refractivity contribution in [1.29, 1.82) is 0 Å². The van der Waals surface area contributed by atoms with Gasteiger partial charge in [0, 0.05) is 3.57 Å². The number of carbonyl (C=O) groups excluding carboxylic acids is 1. The molecule has 1 aliphatic rings. The second-order valence-electron chi connectivity index (χ2n) is 4.92. The molecule has 2 rings (SSSR count). The van der Waals surface area contributed by atoms with E-state index in [2.05, 4.69) is 40.1 Å². The molecule has 1 heterocycles. The second-order valence-corrected chi connectivity index (χ2v) is 6.57. The predicted molar refractivity (Wildman–Crippen MR) is 87.6 cm³/mol. The molecule has 2 unspecified atom stereocenters. The first-order chi connectivity index (χ1) is 9.10. The number of hydrogen-bond donors (Lipinski definition) is 2. The summed E-state index contributed by atoms with van der Waals surface area (Å²) < 4.78 is 1.06. The Hall–Kier alpha value is -0.330. The molecule has 5 heteroatoms. The van der Waals surface area contributed by atoms with Crippen LogP contribution in [0.1, 0.15) is 26.2 Å². The van der Waals surface area contributed by atoms with Crippen molar-refractivity contribution in [2.24, 2.45) is 5.92 Å². The Bertz CT molecular complexity index is 467. The number of halogens is 2. The molecule has 1 saturated heterocycles. The van der Waals surface area contributed by atoms with Gasteiger partial charge in [0.2, 0.25) is 5.91 Å². The molecule has 1 fully saturated rings. The number of amides is 1. The molecular weight excluding hydrogens is 375 g/mol. The van der Waals surface area contributed by atoms with Gasteiger partial charge in [-0.2, -0.15) is 0 Å². The van der Waals surface area contributed by atoms with Crippen LogP contribution in [0.4, 0.5) is 5.69 Å². The van der Waals surface area contributed by atoms with Crippen LogP contribution in [0.25, 0.3) is 0 Å². The largest absolute Gasteiger partial charge is 0.323 e. The third-order valence-electron chi connectivity index (χ3n) is 3.60. The van der Waals surface area contributed by atoms with E-state index in [1.807, 2.05) is 18.2 Å². The smallest absolute Gasteiger partial charge is 0.241 e. The number of benzene rings is 1. The fourth-order valence-electron chi connectivity index (χ4n) is 2.38. The van der Waals surface area contributed by atoms with Crippen molar-refractivity contribution >= 4 is 45.8 Å². The van der Waals surface area contributed by atoms with Gasteiger partial charge in [-0.05, 0) is 66.1 Å². The van der Waals surface area contributed by atoms with Gasteiger partial charge in [-0.1, -0.05) is 24.9 Å². The van der Waals surface area contributed by atoms with E-state index in [4.69, 9.17) is 11.6 Å². The van der Waals surface area contributed by atoms with Crippen LogP contribution < -0.4 is 10.6 Å². The van der Waals surface area contributed by atoms with Crippen LogP contribution in [0.3, 0.4) is 0 Å². The molecule has 104 valence electrons. The van der Waals surface area contributed by atoms with Crippen LogP contribution in [-0.4, -0.2) is 18.5 Å². The first-order valence-electron chi connectivity index (χ1n) is 6.59. The van der Waals surface area contributed by atoms with Gasteiger partial charge in [0.15, 0.2) is 0 Å². The van der Waals surface area contributed by atoms with Crippen molar-refractivity contribution in [1.82, 2.24) is 5.32 Å². The minimum atomic E-state index is -0.103. The standard InChI is InChI=1S/C14H18ClIN2O/c1-2-9-5-6-17-13(7-9)14(19)18-12-4-3-10(16)8-11(12)15/h3-4,8-9,13,17H,2,5-7H2,1H3,(H,18,19). The van der Waals surface area contributed by atoms with Crippen LogP contribution in [0, 0.1) is 9.49 Å². The molecule has 2 N–H and O–H groups in total. The van der Waals surface area contributed by atoms with E-state index in [9.17, 15) is 4.79 Å². The first kappa shape index (κ1) is 15.1. The summed E-state index contributed by atoms with van der Waals surface area (Å²) in [6.07, 6.45) is 3.20. The fraction of sp³-hybridized carbons (Fsp3) is 0.500. The molecule has 0 bridgehead atoms. The number of hydrogen-bond acceptors (Lipinski definition) is 2. The third kappa shape index (κ3) is 4.07. The van der Waals surface area contributed by atoms with Gasteiger partial charge in [0.1, 0.15) is 0 Å². The Morgan fingerprint density at radius 3 is 3.05 bits per heavy atom.